The molecular weight excluding hydrogens is 304 g/mol. The van der Waals surface area contributed by atoms with E-state index < -0.39 is 0 Å². The Balaban J connectivity index is 2.09. The molecular formula is C15H23ClN4S. The van der Waals surface area contributed by atoms with Crippen LogP contribution in [-0.4, -0.2) is 35.7 Å². The number of aryl methyl sites for hydroxylation is 3. The van der Waals surface area contributed by atoms with Crippen LogP contribution in [0.1, 0.15) is 38.2 Å². The molecule has 0 saturated carbocycles. The first-order valence-electron chi connectivity index (χ1n) is 7.69. The summed E-state index contributed by atoms with van der Waals surface area (Å²) >= 11 is 8.07. The lowest BCUT2D eigenvalue weighted by Gasteiger charge is -2.24. The van der Waals surface area contributed by atoms with Crippen LogP contribution in [0.15, 0.2) is 0 Å². The number of alkyl halides is 1. The molecule has 1 unspecified atom stereocenters. The van der Waals surface area contributed by atoms with Crippen molar-refractivity contribution < 1.29 is 0 Å². The number of rotatable bonds is 5. The lowest BCUT2D eigenvalue weighted by molar-refractivity contribution is 0.500. The smallest absolute Gasteiger partial charge is 0.158 e. The predicted molar refractivity (Wildman–Crippen MR) is 90.4 cm³/mol. The van der Waals surface area contributed by atoms with Crippen molar-refractivity contribution >= 4 is 34.5 Å². The average Bonchev–Trinajstić information content (AvgIpc) is 3.10. The third-order valence-corrected chi connectivity index (χ3v) is 6.03. The molecule has 1 saturated heterocycles. The van der Waals surface area contributed by atoms with E-state index in [1.54, 1.807) is 0 Å². The van der Waals surface area contributed by atoms with E-state index in [9.17, 15) is 0 Å². The molecule has 116 valence electrons. The van der Waals surface area contributed by atoms with Gasteiger partial charge >= 0.3 is 0 Å². The molecule has 1 aliphatic rings. The molecule has 21 heavy (non-hydrogen) atoms. The first-order chi connectivity index (χ1) is 10.1. The Bertz CT molecular complexity index is 640. The fraction of sp³-hybridized carbons (Fsp3) is 0.733. The zero-order valence-corrected chi connectivity index (χ0v) is 14.6. The SMILES string of the molecule is CCc1nn(C)c2c1nc(CCCl)n2CC1(C)CCCS1. The summed E-state index contributed by atoms with van der Waals surface area (Å²) in [6, 6.07) is 0. The third-order valence-electron chi connectivity index (χ3n) is 4.32. The van der Waals surface area contributed by atoms with Gasteiger partial charge in [-0.15, -0.1) is 11.6 Å². The topological polar surface area (TPSA) is 35.6 Å². The molecule has 2 aromatic rings. The van der Waals surface area contributed by atoms with Gasteiger partial charge in [-0.05, 0) is 31.9 Å². The van der Waals surface area contributed by atoms with Crippen molar-refractivity contribution in [3.05, 3.63) is 11.5 Å². The highest BCUT2D eigenvalue weighted by Crippen LogP contribution is 2.40. The summed E-state index contributed by atoms with van der Waals surface area (Å²) in [5.41, 5.74) is 3.30. The quantitative estimate of drug-likeness (QED) is 0.790. The van der Waals surface area contributed by atoms with Gasteiger partial charge in [0.05, 0.1) is 5.69 Å². The van der Waals surface area contributed by atoms with Crippen molar-refractivity contribution in [2.24, 2.45) is 7.05 Å². The van der Waals surface area contributed by atoms with Gasteiger partial charge in [0, 0.05) is 30.6 Å². The summed E-state index contributed by atoms with van der Waals surface area (Å²) in [6.07, 6.45) is 4.33. The molecule has 1 atom stereocenters. The van der Waals surface area contributed by atoms with Crippen LogP contribution in [0.25, 0.3) is 11.2 Å². The van der Waals surface area contributed by atoms with E-state index in [4.69, 9.17) is 16.6 Å². The second-order valence-electron chi connectivity index (χ2n) is 6.05. The Hall–Kier alpha value is -0.680. The molecule has 3 heterocycles. The number of fused-ring (bicyclic) bond motifs is 1. The van der Waals surface area contributed by atoms with E-state index in [1.165, 1.54) is 18.6 Å². The monoisotopic (exact) mass is 326 g/mol. The van der Waals surface area contributed by atoms with Crippen molar-refractivity contribution in [3.63, 3.8) is 0 Å². The fourth-order valence-corrected chi connectivity index (χ4v) is 4.72. The Labute approximate surface area is 135 Å². The van der Waals surface area contributed by atoms with Gasteiger partial charge in [-0.2, -0.15) is 16.9 Å². The molecule has 3 rings (SSSR count). The minimum Gasteiger partial charge on any atom is -0.311 e. The van der Waals surface area contributed by atoms with Crippen LogP contribution in [0.4, 0.5) is 0 Å². The number of hydrogen-bond acceptors (Lipinski definition) is 3. The maximum atomic E-state index is 5.99. The summed E-state index contributed by atoms with van der Waals surface area (Å²) in [5.74, 6) is 2.99. The second kappa shape index (κ2) is 5.84. The highest BCUT2D eigenvalue weighted by atomic mass is 35.5. The van der Waals surface area contributed by atoms with Crippen LogP contribution in [0.2, 0.25) is 0 Å². The van der Waals surface area contributed by atoms with Crippen molar-refractivity contribution in [2.75, 3.05) is 11.6 Å². The summed E-state index contributed by atoms with van der Waals surface area (Å²) in [5, 5.41) is 4.62. The van der Waals surface area contributed by atoms with Crippen molar-refractivity contribution in [3.8, 4) is 0 Å². The van der Waals surface area contributed by atoms with Crippen molar-refractivity contribution in [1.82, 2.24) is 19.3 Å². The molecule has 0 N–H and O–H groups in total. The molecule has 0 aromatic carbocycles. The average molecular weight is 327 g/mol. The van der Waals surface area contributed by atoms with Crippen LogP contribution >= 0.6 is 23.4 Å². The predicted octanol–water partition coefficient (Wildman–Crippen LogP) is 3.40. The molecule has 4 nitrogen and oxygen atoms in total. The lowest BCUT2D eigenvalue weighted by Crippen LogP contribution is -2.25. The maximum absolute atomic E-state index is 5.99. The third kappa shape index (κ3) is 2.70. The number of imidazole rings is 1. The van der Waals surface area contributed by atoms with Gasteiger partial charge in [0.25, 0.3) is 0 Å². The van der Waals surface area contributed by atoms with Gasteiger partial charge < -0.3 is 4.57 Å². The van der Waals surface area contributed by atoms with Crippen LogP contribution < -0.4 is 0 Å². The standard InChI is InChI=1S/C15H23ClN4S/c1-4-11-13-14(19(3)18-11)20(12(17-13)6-8-16)10-15(2)7-5-9-21-15/h4-10H2,1-3H3. The first-order valence-corrected chi connectivity index (χ1v) is 9.21. The highest BCUT2D eigenvalue weighted by molar-refractivity contribution is 8.00. The highest BCUT2D eigenvalue weighted by Gasteiger charge is 2.32. The largest absolute Gasteiger partial charge is 0.311 e. The Kier molecular flexibility index (Phi) is 4.23. The van der Waals surface area contributed by atoms with Gasteiger partial charge in [-0.3, -0.25) is 4.68 Å². The zero-order chi connectivity index (χ0) is 15.0. The van der Waals surface area contributed by atoms with E-state index in [-0.39, 0.29) is 0 Å². The molecule has 0 amide bonds. The van der Waals surface area contributed by atoms with Crippen molar-refractivity contribution in [2.45, 2.75) is 50.8 Å². The molecule has 0 spiro atoms. The van der Waals surface area contributed by atoms with Gasteiger partial charge in [-0.1, -0.05) is 6.92 Å². The number of nitrogens with zero attached hydrogens (tertiary/aromatic N) is 4. The van der Waals surface area contributed by atoms with Gasteiger partial charge in [-0.25, -0.2) is 4.98 Å². The minimum absolute atomic E-state index is 0.311. The summed E-state index contributed by atoms with van der Waals surface area (Å²) in [6.45, 7) is 5.51. The molecule has 0 radical (unpaired) electrons. The maximum Gasteiger partial charge on any atom is 0.158 e. The Morgan fingerprint density at radius 2 is 2.24 bits per heavy atom. The van der Waals surface area contributed by atoms with Crippen LogP contribution in [0.3, 0.4) is 0 Å². The van der Waals surface area contributed by atoms with Gasteiger partial charge in [0.15, 0.2) is 5.65 Å². The van der Waals surface area contributed by atoms with E-state index in [1.807, 2.05) is 11.7 Å². The van der Waals surface area contributed by atoms with Crippen LogP contribution in [0.5, 0.6) is 0 Å². The van der Waals surface area contributed by atoms with Crippen molar-refractivity contribution in [1.29, 1.82) is 0 Å². The first kappa shape index (κ1) is 15.2. The molecule has 0 aliphatic carbocycles. The van der Waals surface area contributed by atoms with E-state index in [0.717, 1.165) is 42.1 Å². The summed E-state index contributed by atoms with van der Waals surface area (Å²) < 4.78 is 4.66. The van der Waals surface area contributed by atoms with E-state index in [2.05, 4.69) is 35.3 Å². The number of halogens is 1. The lowest BCUT2D eigenvalue weighted by atomic mass is 10.1. The molecule has 1 fully saturated rings. The number of hydrogen-bond donors (Lipinski definition) is 0. The molecule has 2 aromatic heterocycles. The zero-order valence-electron chi connectivity index (χ0n) is 13.0. The number of thioether (sulfide) groups is 1. The Morgan fingerprint density at radius 3 is 2.86 bits per heavy atom. The Morgan fingerprint density at radius 1 is 1.43 bits per heavy atom. The van der Waals surface area contributed by atoms with Crippen LogP contribution in [0, 0.1) is 0 Å². The summed E-state index contributed by atoms with van der Waals surface area (Å²) in [4.78, 5) is 4.85. The molecule has 1 aliphatic heterocycles. The molecule has 0 bridgehead atoms. The number of aromatic nitrogens is 4. The second-order valence-corrected chi connectivity index (χ2v) is 8.11. The van der Waals surface area contributed by atoms with Gasteiger partial charge in [0.2, 0.25) is 0 Å². The van der Waals surface area contributed by atoms with E-state index in [0.29, 0.717) is 10.6 Å². The normalized spacial score (nSPS) is 22.5. The molecule has 6 heteroatoms. The summed E-state index contributed by atoms with van der Waals surface area (Å²) in [7, 11) is 2.02. The fourth-order valence-electron chi connectivity index (χ4n) is 3.26. The van der Waals surface area contributed by atoms with Crippen LogP contribution in [-0.2, 0) is 26.4 Å². The van der Waals surface area contributed by atoms with E-state index >= 15 is 0 Å². The minimum atomic E-state index is 0.311. The van der Waals surface area contributed by atoms with Gasteiger partial charge in [0.1, 0.15) is 11.3 Å².